The summed E-state index contributed by atoms with van der Waals surface area (Å²) in [6, 6.07) is 6.95. The van der Waals surface area contributed by atoms with E-state index in [2.05, 4.69) is 15.6 Å². The van der Waals surface area contributed by atoms with Crippen molar-refractivity contribution in [2.24, 2.45) is 0 Å². The van der Waals surface area contributed by atoms with Gasteiger partial charge in [0.1, 0.15) is 0 Å². The van der Waals surface area contributed by atoms with Gasteiger partial charge in [-0.2, -0.15) is 13.2 Å². The number of pyridine rings is 1. The van der Waals surface area contributed by atoms with Crippen LogP contribution in [0.1, 0.15) is 40.9 Å². The number of hydrogen-bond donors (Lipinski definition) is 3. The summed E-state index contributed by atoms with van der Waals surface area (Å²) in [5.74, 6) is -0.190. The van der Waals surface area contributed by atoms with E-state index in [9.17, 15) is 23.1 Å². The van der Waals surface area contributed by atoms with Gasteiger partial charge < -0.3 is 15.7 Å². The zero-order valence-corrected chi connectivity index (χ0v) is 16.8. The van der Waals surface area contributed by atoms with Crippen LogP contribution in [0.3, 0.4) is 0 Å². The Morgan fingerprint density at radius 3 is 2.63 bits per heavy atom. The number of aliphatic hydroxyl groups is 1. The molecular formula is C21H23F3N4O2. The highest BCUT2D eigenvalue weighted by molar-refractivity contribution is 5.96. The zero-order chi connectivity index (χ0) is 22.1. The largest absolute Gasteiger partial charge is 0.390 e. The van der Waals surface area contributed by atoms with Gasteiger partial charge in [0.2, 0.25) is 0 Å². The number of rotatable bonds is 6. The molecule has 3 N–H and O–H groups in total. The van der Waals surface area contributed by atoms with Crippen molar-refractivity contribution in [1.82, 2.24) is 14.7 Å². The monoisotopic (exact) mass is 420 g/mol. The fourth-order valence-corrected chi connectivity index (χ4v) is 3.23. The first-order valence-corrected chi connectivity index (χ1v) is 9.43. The average molecular weight is 420 g/mol. The summed E-state index contributed by atoms with van der Waals surface area (Å²) >= 11 is 0. The number of carbonyl (C=O) groups is 1. The Labute approximate surface area is 171 Å². The highest BCUT2D eigenvalue weighted by atomic mass is 19.4. The van der Waals surface area contributed by atoms with Gasteiger partial charge in [-0.25, -0.2) is 4.98 Å². The summed E-state index contributed by atoms with van der Waals surface area (Å²) < 4.78 is 39.3. The predicted molar refractivity (Wildman–Crippen MR) is 109 cm³/mol. The Hall–Kier alpha value is -3.07. The number of imidazole rings is 1. The Morgan fingerprint density at radius 2 is 2.03 bits per heavy atom. The van der Waals surface area contributed by atoms with Crippen molar-refractivity contribution >= 4 is 17.2 Å². The molecule has 30 heavy (non-hydrogen) atoms. The maximum atomic E-state index is 12.5. The molecule has 3 aromatic rings. The molecule has 1 atom stereocenters. The van der Waals surface area contributed by atoms with Crippen LogP contribution >= 0.6 is 0 Å². The maximum Gasteiger partial charge on any atom is 0.390 e. The molecule has 0 saturated heterocycles. The third-order valence-electron chi connectivity index (χ3n) is 4.83. The van der Waals surface area contributed by atoms with Gasteiger partial charge in [0.05, 0.1) is 30.1 Å². The number of nitrogens with zero attached hydrogens (tertiary/aromatic N) is 2. The van der Waals surface area contributed by atoms with Crippen LogP contribution in [0.5, 0.6) is 0 Å². The van der Waals surface area contributed by atoms with Crippen LogP contribution < -0.4 is 10.6 Å². The number of fused-ring (bicyclic) bond motifs is 1. The van der Waals surface area contributed by atoms with Gasteiger partial charge >= 0.3 is 6.18 Å². The number of carbonyl (C=O) groups excluding carboxylic acids is 1. The van der Waals surface area contributed by atoms with E-state index in [0.717, 1.165) is 11.1 Å². The molecule has 0 aliphatic carbocycles. The van der Waals surface area contributed by atoms with Crippen LogP contribution in [-0.2, 0) is 0 Å². The second-order valence-corrected chi connectivity index (χ2v) is 7.10. The molecular weight excluding hydrogens is 397 g/mol. The SMILES string of the molecule is CNC(=O)c1ccc(-c2cnc3c(NCCC(F)(F)F)cc(C(C)O)cn23)cc1C. The standard InChI is InChI=1S/C21H23F3N4O2/c1-12-8-14(4-5-16(12)20(30)25-3)18-10-27-19-17(26-7-6-21(22,23)24)9-15(13(2)29)11-28(18)19/h4-5,8-11,13,26,29H,6-7H2,1-3H3,(H,25,30). The van der Waals surface area contributed by atoms with Crippen molar-refractivity contribution in [1.29, 1.82) is 0 Å². The molecule has 0 aliphatic heterocycles. The molecule has 9 heteroatoms. The molecule has 0 bridgehead atoms. The van der Waals surface area contributed by atoms with Crippen molar-refractivity contribution < 1.29 is 23.1 Å². The van der Waals surface area contributed by atoms with Crippen LogP contribution in [0.4, 0.5) is 18.9 Å². The van der Waals surface area contributed by atoms with Gasteiger partial charge in [-0.15, -0.1) is 0 Å². The van der Waals surface area contributed by atoms with E-state index in [1.54, 1.807) is 49.0 Å². The number of aliphatic hydroxyl groups excluding tert-OH is 1. The van der Waals surface area contributed by atoms with E-state index in [4.69, 9.17) is 0 Å². The average Bonchev–Trinajstić information content (AvgIpc) is 3.10. The minimum absolute atomic E-state index is 0.190. The second kappa shape index (κ2) is 8.35. The molecule has 3 rings (SSSR count). The number of amides is 1. The summed E-state index contributed by atoms with van der Waals surface area (Å²) in [7, 11) is 1.56. The van der Waals surface area contributed by atoms with Crippen molar-refractivity contribution in [3.05, 3.63) is 53.3 Å². The number of hydrogen-bond acceptors (Lipinski definition) is 4. The Kier molecular flexibility index (Phi) is 6.02. The quantitative estimate of drug-likeness (QED) is 0.561. The summed E-state index contributed by atoms with van der Waals surface area (Å²) in [5, 5.41) is 15.4. The van der Waals surface area contributed by atoms with E-state index >= 15 is 0 Å². The fraction of sp³-hybridized carbons (Fsp3) is 0.333. The molecule has 6 nitrogen and oxygen atoms in total. The van der Waals surface area contributed by atoms with E-state index < -0.39 is 18.7 Å². The molecule has 0 saturated carbocycles. The van der Waals surface area contributed by atoms with Gasteiger partial charge in [-0.1, -0.05) is 6.07 Å². The van der Waals surface area contributed by atoms with E-state index in [1.807, 2.05) is 13.0 Å². The van der Waals surface area contributed by atoms with Crippen LogP contribution in [0, 0.1) is 6.92 Å². The number of benzene rings is 1. The highest BCUT2D eigenvalue weighted by Gasteiger charge is 2.26. The first-order valence-electron chi connectivity index (χ1n) is 9.43. The van der Waals surface area contributed by atoms with Crippen molar-refractivity contribution in [2.75, 3.05) is 18.9 Å². The first kappa shape index (κ1) is 21.6. The molecule has 0 fully saturated rings. The van der Waals surface area contributed by atoms with Gasteiger partial charge in [0.15, 0.2) is 5.65 Å². The molecule has 1 aromatic carbocycles. The number of aryl methyl sites for hydroxylation is 1. The molecule has 2 aromatic heterocycles. The lowest BCUT2D eigenvalue weighted by molar-refractivity contribution is -0.131. The van der Waals surface area contributed by atoms with Gasteiger partial charge in [0.25, 0.3) is 5.91 Å². The predicted octanol–water partition coefficient (Wildman–Crippen LogP) is 4.09. The van der Waals surface area contributed by atoms with Crippen LogP contribution in [-0.4, -0.2) is 40.2 Å². The van der Waals surface area contributed by atoms with Gasteiger partial charge in [-0.3, -0.25) is 9.20 Å². The molecule has 0 spiro atoms. The van der Waals surface area contributed by atoms with Crippen molar-refractivity contribution in [3.63, 3.8) is 0 Å². The Balaban J connectivity index is 2.05. The Bertz CT molecular complexity index is 1070. The maximum absolute atomic E-state index is 12.5. The smallest absolute Gasteiger partial charge is 0.389 e. The molecule has 1 unspecified atom stereocenters. The molecule has 2 heterocycles. The summed E-state index contributed by atoms with van der Waals surface area (Å²) in [4.78, 5) is 16.3. The van der Waals surface area contributed by atoms with Crippen LogP contribution in [0.25, 0.3) is 16.9 Å². The van der Waals surface area contributed by atoms with E-state index in [-0.39, 0.29) is 12.5 Å². The minimum atomic E-state index is -4.27. The van der Waals surface area contributed by atoms with Crippen LogP contribution in [0.2, 0.25) is 0 Å². The lowest BCUT2D eigenvalue weighted by atomic mass is 10.0. The lowest BCUT2D eigenvalue weighted by Crippen LogP contribution is -2.18. The third-order valence-corrected chi connectivity index (χ3v) is 4.83. The molecule has 0 radical (unpaired) electrons. The summed E-state index contributed by atoms with van der Waals surface area (Å²) in [6.07, 6.45) is -2.74. The second-order valence-electron chi connectivity index (χ2n) is 7.10. The van der Waals surface area contributed by atoms with E-state index in [1.165, 1.54) is 0 Å². The number of nitrogens with one attached hydrogen (secondary N) is 2. The lowest BCUT2D eigenvalue weighted by Gasteiger charge is -2.14. The number of anilines is 1. The topological polar surface area (TPSA) is 78.7 Å². The minimum Gasteiger partial charge on any atom is -0.389 e. The molecule has 0 aliphatic rings. The van der Waals surface area contributed by atoms with Crippen molar-refractivity contribution in [3.8, 4) is 11.3 Å². The van der Waals surface area contributed by atoms with Gasteiger partial charge in [0, 0.05) is 30.9 Å². The summed E-state index contributed by atoms with van der Waals surface area (Å²) in [5.41, 5.74) is 4.20. The molecule has 1 amide bonds. The van der Waals surface area contributed by atoms with Gasteiger partial charge in [-0.05, 0) is 43.2 Å². The summed E-state index contributed by atoms with van der Waals surface area (Å²) in [6.45, 7) is 3.10. The van der Waals surface area contributed by atoms with Crippen LogP contribution in [0.15, 0.2) is 36.7 Å². The zero-order valence-electron chi connectivity index (χ0n) is 16.8. The van der Waals surface area contributed by atoms with E-state index in [0.29, 0.717) is 28.2 Å². The fourth-order valence-electron chi connectivity index (χ4n) is 3.23. The van der Waals surface area contributed by atoms with Crippen molar-refractivity contribution in [2.45, 2.75) is 32.5 Å². The third kappa shape index (κ3) is 4.56. The number of halogens is 3. The molecule has 160 valence electrons. The highest BCUT2D eigenvalue weighted by Crippen LogP contribution is 2.29. The number of aromatic nitrogens is 2. The first-order chi connectivity index (χ1) is 14.1. The number of alkyl halides is 3. The normalized spacial score (nSPS) is 12.8. The Morgan fingerprint density at radius 1 is 1.30 bits per heavy atom.